The summed E-state index contributed by atoms with van der Waals surface area (Å²) in [5.41, 5.74) is 0.670. The summed E-state index contributed by atoms with van der Waals surface area (Å²) in [6.07, 6.45) is 1.11. The Balaban J connectivity index is 2.33. The Hall–Kier alpha value is -1.89. The van der Waals surface area contributed by atoms with Crippen molar-refractivity contribution >= 4 is 21.7 Å². The first-order valence-corrected chi connectivity index (χ1v) is 8.69. The first kappa shape index (κ1) is 15.5. The highest BCUT2D eigenvalue weighted by Crippen LogP contribution is 2.25. The molecule has 1 fully saturated rings. The fourth-order valence-corrected chi connectivity index (χ4v) is 2.87. The number of carbonyl (C=O) groups excluding carboxylic acids is 2. The van der Waals surface area contributed by atoms with E-state index in [1.54, 1.807) is 31.2 Å². The van der Waals surface area contributed by atoms with Crippen LogP contribution in [0.2, 0.25) is 0 Å². The summed E-state index contributed by atoms with van der Waals surface area (Å²) in [6.45, 7) is 1.60. The molecule has 2 unspecified atom stereocenters. The van der Waals surface area contributed by atoms with Crippen LogP contribution in [0.3, 0.4) is 0 Å². The molecule has 21 heavy (non-hydrogen) atoms. The van der Waals surface area contributed by atoms with Crippen LogP contribution >= 0.6 is 0 Å². The van der Waals surface area contributed by atoms with E-state index in [0.717, 1.165) is 6.26 Å². The Morgan fingerprint density at radius 2 is 1.81 bits per heavy atom. The first-order chi connectivity index (χ1) is 9.79. The van der Waals surface area contributed by atoms with Crippen molar-refractivity contribution in [1.82, 2.24) is 10.2 Å². The fourth-order valence-electron chi connectivity index (χ4n) is 2.34. The number of sulfone groups is 1. The molecule has 1 aromatic rings. The maximum Gasteiger partial charge on any atom is 0.248 e. The number of nitrogens with one attached hydrogen (secondary N) is 1. The molecule has 1 aliphatic rings. The second kappa shape index (κ2) is 5.85. The number of hydrogen-bond acceptors (Lipinski definition) is 4. The SMILES string of the molecule is CC1NC(=O)C(c2ccccc2)N(CCS(C)(=O)=O)C1=O. The molecule has 2 rings (SSSR count). The Morgan fingerprint density at radius 3 is 2.38 bits per heavy atom. The van der Waals surface area contributed by atoms with E-state index < -0.39 is 21.9 Å². The monoisotopic (exact) mass is 310 g/mol. The lowest BCUT2D eigenvalue weighted by atomic mass is 10.0. The zero-order chi connectivity index (χ0) is 15.6. The van der Waals surface area contributed by atoms with Crippen LogP contribution in [0.5, 0.6) is 0 Å². The third kappa shape index (κ3) is 3.60. The van der Waals surface area contributed by atoms with Crippen molar-refractivity contribution in [2.24, 2.45) is 0 Å². The van der Waals surface area contributed by atoms with Crippen molar-refractivity contribution in [2.45, 2.75) is 19.0 Å². The molecule has 7 heteroatoms. The van der Waals surface area contributed by atoms with E-state index in [0.29, 0.717) is 5.56 Å². The van der Waals surface area contributed by atoms with Crippen molar-refractivity contribution in [3.63, 3.8) is 0 Å². The Morgan fingerprint density at radius 1 is 1.19 bits per heavy atom. The number of benzene rings is 1. The van der Waals surface area contributed by atoms with Crippen LogP contribution < -0.4 is 5.32 Å². The topological polar surface area (TPSA) is 83.6 Å². The van der Waals surface area contributed by atoms with Gasteiger partial charge in [0.15, 0.2) is 0 Å². The second-order valence-corrected chi connectivity index (χ2v) is 7.46. The summed E-state index contributed by atoms with van der Waals surface area (Å²) in [5, 5.41) is 2.63. The molecule has 0 radical (unpaired) electrons. The zero-order valence-corrected chi connectivity index (χ0v) is 12.8. The van der Waals surface area contributed by atoms with Crippen molar-refractivity contribution < 1.29 is 18.0 Å². The lowest BCUT2D eigenvalue weighted by molar-refractivity contribution is -0.148. The maximum absolute atomic E-state index is 12.3. The molecule has 114 valence electrons. The fraction of sp³-hybridized carbons (Fsp3) is 0.429. The van der Waals surface area contributed by atoms with Crippen LogP contribution in [0.1, 0.15) is 18.5 Å². The molecule has 1 aromatic carbocycles. The van der Waals surface area contributed by atoms with Gasteiger partial charge in [-0.15, -0.1) is 0 Å². The van der Waals surface area contributed by atoms with Crippen molar-refractivity contribution in [2.75, 3.05) is 18.6 Å². The van der Waals surface area contributed by atoms with Crippen LogP contribution in [0.4, 0.5) is 0 Å². The lowest BCUT2D eigenvalue weighted by Gasteiger charge is -2.38. The van der Waals surface area contributed by atoms with Crippen LogP contribution in [-0.2, 0) is 19.4 Å². The molecular formula is C14H18N2O4S. The van der Waals surface area contributed by atoms with Gasteiger partial charge in [0.05, 0.1) is 5.75 Å². The van der Waals surface area contributed by atoms with Gasteiger partial charge in [0, 0.05) is 12.8 Å². The van der Waals surface area contributed by atoms with Gasteiger partial charge in [-0.2, -0.15) is 0 Å². The van der Waals surface area contributed by atoms with Crippen LogP contribution in [0.15, 0.2) is 30.3 Å². The van der Waals surface area contributed by atoms with Gasteiger partial charge in [-0.3, -0.25) is 9.59 Å². The summed E-state index contributed by atoms with van der Waals surface area (Å²) in [5.74, 6) is -0.726. The Kier molecular flexibility index (Phi) is 4.32. The minimum absolute atomic E-state index is 0.00892. The molecule has 2 atom stereocenters. The number of amides is 2. The van der Waals surface area contributed by atoms with E-state index in [-0.39, 0.29) is 24.1 Å². The number of carbonyl (C=O) groups is 2. The van der Waals surface area contributed by atoms with Gasteiger partial charge in [-0.25, -0.2) is 8.42 Å². The van der Waals surface area contributed by atoms with Gasteiger partial charge in [0.1, 0.15) is 21.9 Å². The molecule has 0 saturated carbocycles. The van der Waals surface area contributed by atoms with E-state index in [9.17, 15) is 18.0 Å². The Bertz CT molecular complexity index is 642. The molecule has 0 bridgehead atoms. The summed E-state index contributed by atoms with van der Waals surface area (Å²) in [6, 6.07) is 7.45. The van der Waals surface area contributed by atoms with E-state index in [1.165, 1.54) is 4.90 Å². The van der Waals surface area contributed by atoms with Crippen LogP contribution in [-0.4, -0.2) is 49.7 Å². The normalized spacial score (nSPS) is 23.0. The number of nitrogens with zero attached hydrogens (tertiary/aromatic N) is 1. The number of hydrogen-bond donors (Lipinski definition) is 1. The molecule has 0 aliphatic carbocycles. The van der Waals surface area contributed by atoms with E-state index >= 15 is 0 Å². The van der Waals surface area contributed by atoms with Crippen molar-refractivity contribution in [3.05, 3.63) is 35.9 Å². The smallest absolute Gasteiger partial charge is 0.248 e. The molecule has 1 heterocycles. The predicted molar refractivity (Wildman–Crippen MR) is 78.2 cm³/mol. The van der Waals surface area contributed by atoms with Crippen LogP contribution in [0, 0.1) is 0 Å². The molecule has 6 nitrogen and oxygen atoms in total. The molecule has 1 saturated heterocycles. The van der Waals surface area contributed by atoms with Crippen LogP contribution in [0.25, 0.3) is 0 Å². The molecule has 0 aromatic heterocycles. The molecule has 0 spiro atoms. The average Bonchev–Trinajstić information content (AvgIpc) is 2.41. The largest absolute Gasteiger partial charge is 0.342 e. The highest BCUT2D eigenvalue weighted by molar-refractivity contribution is 7.90. The summed E-state index contributed by atoms with van der Waals surface area (Å²) < 4.78 is 22.7. The highest BCUT2D eigenvalue weighted by atomic mass is 32.2. The summed E-state index contributed by atoms with van der Waals surface area (Å²) in [4.78, 5) is 25.9. The van der Waals surface area contributed by atoms with E-state index in [2.05, 4.69) is 5.32 Å². The van der Waals surface area contributed by atoms with Gasteiger partial charge < -0.3 is 10.2 Å². The maximum atomic E-state index is 12.3. The minimum Gasteiger partial charge on any atom is -0.342 e. The predicted octanol–water partition coefficient (Wildman–Crippen LogP) is 0.119. The minimum atomic E-state index is -3.21. The van der Waals surface area contributed by atoms with E-state index in [4.69, 9.17) is 0 Å². The van der Waals surface area contributed by atoms with Crippen molar-refractivity contribution in [3.8, 4) is 0 Å². The van der Waals surface area contributed by atoms with Gasteiger partial charge >= 0.3 is 0 Å². The number of rotatable bonds is 4. The third-order valence-corrected chi connectivity index (χ3v) is 4.31. The first-order valence-electron chi connectivity index (χ1n) is 6.63. The Labute approximate surface area is 124 Å². The summed E-state index contributed by atoms with van der Waals surface area (Å²) >= 11 is 0. The molecule has 1 aliphatic heterocycles. The quantitative estimate of drug-likeness (QED) is 0.856. The molecular weight excluding hydrogens is 292 g/mol. The zero-order valence-electron chi connectivity index (χ0n) is 11.9. The summed E-state index contributed by atoms with van der Waals surface area (Å²) in [7, 11) is -3.21. The molecule has 2 amide bonds. The third-order valence-electron chi connectivity index (χ3n) is 3.39. The highest BCUT2D eigenvalue weighted by Gasteiger charge is 2.39. The standard InChI is InChI=1S/C14H18N2O4S/c1-10-14(18)16(8-9-21(2,19)20)12(13(17)15-10)11-6-4-3-5-7-11/h3-7,10,12H,8-9H2,1-2H3,(H,15,17). The van der Waals surface area contributed by atoms with E-state index in [1.807, 2.05) is 6.07 Å². The van der Waals surface area contributed by atoms with Gasteiger partial charge in [0.2, 0.25) is 11.8 Å². The van der Waals surface area contributed by atoms with Gasteiger partial charge in [-0.1, -0.05) is 30.3 Å². The second-order valence-electron chi connectivity index (χ2n) is 5.21. The van der Waals surface area contributed by atoms with Gasteiger partial charge in [-0.05, 0) is 12.5 Å². The molecule has 1 N–H and O–H groups in total. The average molecular weight is 310 g/mol. The number of piperazine rings is 1. The lowest BCUT2D eigenvalue weighted by Crippen LogP contribution is -2.59. The van der Waals surface area contributed by atoms with Crippen molar-refractivity contribution in [1.29, 1.82) is 0 Å². The van der Waals surface area contributed by atoms with Gasteiger partial charge in [0.25, 0.3) is 0 Å².